The molecule has 0 saturated carbocycles. The smallest absolute Gasteiger partial charge is 0.120 e. The molecule has 3 heterocycles. The largest absolute Gasteiger partial charge is 0.508 e. The molecule has 3 saturated heterocycles. The number of nitrogens with one attached hydrogen (secondary N) is 4. The molecule has 2 atom stereocenters. The molecular weight excluding hydrogens is 528 g/mol. The first-order valence-corrected chi connectivity index (χ1v) is 15.9. The van der Waals surface area contributed by atoms with Gasteiger partial charge in [0, 0.05) is 142 Å². The molecular formula is C32H54N8O2. The molecule has 2 aromatic carbocycles. The minimum Gasteiger partial charge on any atom is -0.508 e. The van der Waals surface area contributed by atoms with E-state index in [1.54, 1.807) is 12.1 Å². The highest BCUT2D eigenvalue weighted by molar-refractivity contribution is 5.32. The summed E-state index contributed by atoms with van der Waals surface area (Å²) in [5, 5.41) is 35.5. The second-order valence-electron chi connectivity index (χ2n) is 11.5. The maximum atomic E-state index is 10.4. The number of hydrogen-bond donors (Lipinski definition) is 6. The molecule has 10 heteroatoms. The number of hydrogen-bond acceptors (Lipinski definition) is 10. The van der Waals surface area contributed by atoms with Crippen molar-refractivity contribution in [2.75, 3.05) is 118 Å². The Labute approximate surface area is 253 Å². The number of fused-ring (bicyclic) bond motifs is 21. The van der Waals surface area contributed by atoms with Crippen molar-refractivity contribution in [3.8, 4) is 11.5 Å². The van der Waals surface area contributed by atoms with Crippen LogP contribution in [0.5, 0.6) is 11.5 Å². The Bertz CT molecular complexity index is 932. The Hall–Kier alpha value is -2.28. The molecule has 0 aliphatic carbocycles. The lowest BCUT2D eigenvalue weighted by Crippen LogP contribution is -2.46. The first kappa shape index (κ1) is 32.6. The van der Waals surface area contributed by atoms with E-state index < -0.39 is 0 Å². The fraction of sp³-hybridized carbons (Fsp3) is 0.625. The van der Waals surface area contributed by atoms with Gasteiger partial charge >= 0.3 is 0 Å². The average molecular weight is 583 g/mol. The van der Waals surface area contributed by atoms with Gasteiger partial charge in [0.15, 0.2) is 0 Å². The van der Waals surface area contributed by atoms with Crippen molar-refractivity contribution in [2.24, 2.45) is 0 Å². The SMILES string of the molecule is Oc1ccccc1CN1CCNCCN2CCNCCNCCN(CCNCCN(Cc3ccccc3O)CC2)CC1. The van der Waals surface area contributed by atoms with Gasteiger partial charge in [-0.1, -0.05) is 36.4 Å². The lowest BCUT2D eigenvalue weighted by Gasteiger charge is -2.30. The standard InChI is InChI=1S/C32H54N8O2/c41-31-7-3-1-5-29(31)27-39-21-15-35-13-20-38-18-12-34-10-9-33-11-17-37(23-25-39)19-14-36-16-22-40(26-24-38)28-30-6-2-4-8-32(30)42/h1-8,33-36,41-42H,9-28H2. The highest BCUT2D eigenvalue weighted by atomic mass is 16.3. The molecule has 3 aliphatic rings. The van der Waals surface area contributed by atoms with E-state index >= 15 is 0 Å². The molecule has 2 aromatic rings. The Morgan fingerprint density at radius 1 is 0.429 bits per heavy atom. The molecule has 42 heavy (non-hydrogen) atoms. The monoisotopic (exact) mass is 582 g/mol. The Balaban J connectivity index is 1.44. The van der Waals surface area contributed by atoms with Crippen molar-refractivity contribution in [1.82, 2.24) is 40.9 Å². The maximum absolute atomic E-state index is 10.4. The summed E-state index contributed by atoms with van der Waals surface area (Å²) in [7, 11) is 0. The molecule has 3 aliphatic heterocycles. The molecule has 234 valence electrons. The van der Waals surface area contributed by atoms with Gasteiger partial charge in [-0.05, 0) is 12.1 Å². The molecule has 0 spiro atoms. The van der Waals surface area contributed by atoms with Crippen LogP contribution in [-0.4, -0.2) is 148 Å². The van der Waals surface area contributed by atoms with Gasteiger partial charge < -0.3 is 31.5 Å². The van der Waals surface area contributed by atoms with Gasteiger partial charge in [0.05, 0.1) is 0 Å². The average Bonchev–Trinajstić information content (AvgIpc) is 2.99. The fourth-order valence-electron chi connectivity index (χ4n) is 5.65. The predicted molar refractivity (Wildman–Crippen MR) is 171 cm³/mol. The summed E-state index contributed by atoms with van der Waals surface area (Å²) < 4.78 is 0. The molecule has 10 nitrogen and oxygen atoms in total. The lowest BCUT2D eigenvalue weighted by atomic mass is 10.2. The molecule has 0 aromatic heterocycles. The summed E-state index contributed by atoms with van der Waals surface area (Å²) in [6.45, 7) is 18.9. The Morgan fingerprint density at radius 3 is 1.19 bits per heavy atom. The Kier molecular flexibility index (Phi) is 14.8. The zero-order chi connectivity index (χ0) is 29.2. The van der Waals surface area contributed by atoms with Crippen molar-refractivity contribution >= 4 is 0 Å². The second-order valence-corrected chi connectivity index (χ2v) is 11.5. The van der Waals surface area contributed by atoms with Crippen LogP contribution >= 0.6 is 0 Å². The number of benzene rings is 2. The number of phenols is 2. The van der Waals surface area contributed by atoms with E-state index in [1.165, 1.54) is 0 Å². The van der Waals surface area contributed by atoms with E-state index in [1.807, 2.05) is 36.4 Å². The van der Waals surface area contributed by atoms with E-state index in [0.717, 1.165) is 142 Å². The number of para-hydroxylation sites is 2. The summed E-state index contributed by atoms with van der Waals surface area (Å²) in [4.78, 5) is 10.1. The molecule has 6 N–H and O–H groups in total. The van der Waals surface area contributed by atoms with Gasteiger partial charge in [0.2, 0.25) is 0 Å². The topological polar surface area (TPSA) is 102 Å². The van der Waals surface area contributed by atoms with E-state index in [-0.39, 0.29) is 0 Å². The number of phenolic OH excluding ortho intramolecular Hbond substituents is 2. The first-order valence-electron chi connectivity index (χ1n) is 15.9. The van der Waals surface area contributed by atoms with Crippen LogP contribution in [-0.2, 0) is 13.1 Å². The molecule has 2 unspecified atom stereocenters. The lowest BCUT2D eigenvalue weighted by molar-refractivity contribution is 0.182. The van der Waals surface area contributed by atoms with Crippen LogP contribution in [0, 0.1) is 0 Å². The van der Waals surface area contributed by atoms with E-state index in [2.05, 4.69) is 40.9 Å². The number of rotatable bonds is 4. The van der Waals surface area contributed by atoms with E-state index in [4.69, 9.17) is 0 Å². The summed E-state index contributed by atoms with van der Waals surface area (Å²) in [5.41, 5.74) is 1.98. The van der Waals surface area contributed by atoms with Gasteiger partial charge in [0.1, 0.15) is 11.5 Å². The molecule has 3 fully saturated rings. The van der Waals surface area contributed by atoms with Gasteiger partial charge in [-0.15, -0.1) is 0 Å². The van der Waals surface area contributed by atoms with Gasteiger partial charge in [-0.2, -0.15) is 0 Å². The van der Waals surface area contributed by atoms with Crippen LogP contribution < -0.4 is 21.3 Å². The summed E-state index contributed by atoms with van der Waals surface area (Å²) in [5.74, 6) is 0.760. The number of nitrogens with zero attached hydrogens (tertiary/aromatic N) is 4. The minimum absolute atomic E-state index is 0.380. The normalized spacial score (nSPS) is 24.2. The summed E-state index contributed by atoms with van der Waals surface area (Å²) in [6.07, 6.45) is 0. The predicted octanol–water partition coefficient (Wildman–Crippen LogP) is 0.392. The van der Waals surface area contributed by atoms with Crippen LogP contribution in [0.4, 0.5) is 0 Å². The minimum atomic E-state index is 0.380. The molecule has 0 amide bonds. The first-order chi connectivity index (χ1) is 20.7. The quantitative estimate of drug-likeness (QED) is 0.304. The maximum Gasteiger partial charge on any atom is 0.120 e. The van der Waals surface area contributed by atoms with E-state index in [9.17, 15) is 10.2 Å². The zero-order valence-electron chi connectivity index (χ0n) is 25.4. The summed E-state index contributed by atoms with van der Waals surface area (Å²) in [6, 6.07) is 15.4. The highest BCUT2D eigenvalue weighted by Crippen LogP contribution is 2.18. The third kappa shape index (κ3) is 12.1. The zero-order valence-corrected chi connectivity index (χ0v) is 25.4. The van der Waals surface area contributed by atoms with Crippen molar-refractivity contribution < 1.29 is 10.2 Å². The van der Waals surface area contributed by atoms with Crippen molar-refractivity contribution in [3.05, 3.63) is 59.7 Å². The van der Waals surface area contributed by atoms with Crippen LogP contribution in [0.2, 0.25) is 0 Å². The van der Waals surface area contributed by atoms with Crippen LogP contribution in [0.15, 0.2) is 48.5 Å². The van der Waals surface area contributed by atoms with E-state index in [0.29, 0.717) is 11.5 Å². The second kappa shape index (κ2) is 19.1. The third-order valence-electron chi connectivity index (χ3n) is 8.34. The molecule has 0 radical (unpaired) electrons. The van der Waals surface area contributed by atoms with Crippen molar-refractivity contribution in [2.45, 2.75) is 13.1 Å². The Morgan fingerprint density at radius 2 is 0.786 bits per heavy atom. The fourth-order valence-corrected chi connectivity index (χ4v) is 5.65. The van der Waals surface area contributed by atoms with Gasteiger partial charge in [-0.25, -0.2) is 0 Å². The van der Waals surface area contributed by atoms with Gasteiger partial charge in [0.25, 0.3) is 0 Å². The molecule has 5 rings (SSSR count). The molecule has 2 bridgehead atoms. The van der Waals surface area contributed by atoms with Crippen molar-refractivity contribution in [3.63, 3.8) is 0 Å². The van der Waals surface area contributed by atoms with Gasteiger partial charge in [-0.3, -0.25) is 19.6 Å². The number of aromatic hydroxyl groups is 2. The van der Waals surface area contributed by atoms with Crippen LogP contribution in [0.25, 0.3) is 0 Å². The summed E-state index contributed by atoms with van der Waals surface area (Å²) >= 11 is 0. The third-order valence-corrected chi connectivity index (χ3v) is 8.34. The van der Waals surface area contributed by atoms with Crippen LogP contribution in [0.3, 0.4) is 0 Å². The van der Waals surface area contributed by atoms with Crippen molar-refractivity contribution in [1.29, 1.82) is 0 Å². The highest BCUT2D eigenvalue weighted by Gasteiger charge is 2.15. The van der Waals surface area contributed by atoms with Crippen LogP contribution in [0.1, 0.15) is 11.1 Å².